The van der Waals surface area contributed by atoms with Gasteiger partial charge in [0.15, 0.2) is 5.76 Å². The zero-order valence-corrected chi connectivity index (χ0v) is 19.0. The second-order valence-corrected chi connectivity index (χ2v) is 9.50. The number of hydrogen-bond donors (Lipinski definition) is 1. The molecule has 0 saturated carbocycles. The van der Waals surface area contributed by atoms with Gasteiger partial charge in [-0.25, -0.2) is 4.79 Å². The lowest BCUT2D eigenvalue weighted by molar-refractivity contribution is 0.00578. The molecule has 1 fully saturated rings. The zero-order valence-electron chi connectivity index (χ0n) is 19.0. The Balaban J connectivity index is 1.74. The van der Waals surface area contributed by atoms with Gasteiger partial charge in [-0.2, -0.15) is 0 Å². The fraction of sp³-hybridized carbons (Fsp3) is 0.571. The van der Waals surface area contributed by atoms with Crippen molar-refractivity contribution in [1.82, 2.24) is 15.5 Å². The van der Waals surface area contributed by atoms with Crippen LogP contribution in [0.4, 0.5) is 4.79 Å². The fourth-order valence-corrected chi connectivity index (χ4v) is 2.93. The van der Waals surface area contributed by atoms with Gasteiger partial charge in [0.2, 0.25) is 0 Å². The molecule has 9 heteroatoms. The minimum Gasteiger partial charge on any atom is -0.444 e. The predicted octanol–water partition coefficient (Wildman–Crippen LogP) is 3.37. The fourth-order valence-electron chi connectivity index (χ4n) is 2.93. The number of nitrogens with zero attached hydrogens (tertiary/aromatic N) is 2. The first-order valence-electron chi connectivity index (χ1n) is 10.0. The summed E-state index contributed by atoms with van der Waals surface area (Å²) in [5.41, 5.74) is 1.45. The molecule has 3 heterocycles. The summed E-state index contributed by atoms with van der Waals surface area (Å²) in [5, 5.41) is 6.76. The van der Waals surface area contributed by atoms with E-state index in [-0.39, 0.29) is 6.54 Å². The minimum absolute atomic E-state index is 0.222. The summed E-state index contributed by atoms with van der Waals surface area (Å²) < 4.78 is 22.9. The Morgan fingerprint density at radius 2 is 1.80 bits per heavy atom. The second kappa shape index (κ2) is 7.70. The van der Waals surface area contributed by atoms with Crippen molar-refractivity contribution in [2.24, 2.45) is 0 Å². The molecule has 2 aromatic heterocycles. The number of nitrogens with one attached hydrogen (secondary N) is 1. The normalized spacial score (nSPS) is 17.8. The highest BCUT2D eigenvalue weighted by atomic mass is 16.7. The molecule has 1 N–H and O–H groups in total. The quantitative estimate of drug-likeness (QED) is 0.765. The first kappa shape index (κ1) is 22.3. The van der Waals surface area contributed by atoms with Crippen LogP contribution in [0.1, 0.15) is 59.7 Å². The number of aryl methyl sites for hydroxylation is 1. The lowest BCUT2D eigenvalue weighted by Crippen LogP contribution is -2.41. The topological polar surface area (TPSA) is 95.7 Å². The van der Waals surface area contributed by atoms with Crippen LogP contribution in [0.15, 0.2) is 22.9 Å². The Morgan fingerprint density at radius 3 is 2.33 bits per heavy atom. The van der Waals surface area contributed by atoms with Crippen LogP contribution in [0.3, 0.4) is 0 Å². The highest BCUT2D eigenvalue weighted by Gasteiger charge is 2.51. The lowest BCUT2D eigenvalue weighted by atomic mass is 9.80. The van der Waals surface area contributed by atoms with E-state index in [0.29, 0.717) is 17.1 Å². The average Bonchev–Trinajstić information content (AvgIpc) is 3.08. The second-order valence-electron chi connectivity index (χ2n) is 9.50. The Hall–Kier alpha value is -2.39. The molecule has 3 rings (SSSR count). The van der Waals surface area contributed by atoms with E-state index in [4.69, 9.17) is 18.6 Å². The summed E-state index contributed by atoms with van der Waals surface area (Å²) in [5.74, 6) is 0.504. The largest absolute Gasteiger partial charge is 0.496 e. The summed E-state index contributed by atoms with van der Waals surface area (Å²) in [6.07, 6.45) is 1.21. The SMILES string of the molecule is Cc1noc(-c2ccc(B3OC(C)(C)C(C)(C)O3)cn2)c1CNC(=O)OC(C)(C)C. The smallest absolute Gasteiger partial charge is 0.444 e. The van der Waals surface area contributed by atoms with Gasteiger partial charge in [0.25, 0.3) is 0 Å². The molecule has 0 unspecified atom stereocenters. The van der Waals surface area contributed by atoms with E-state index in [9.17, 15) is 4.79 Å². The monoisotopic (exact) mass is 415 g/mol. The number of aromatic nitrogens is 2. The molecule has 0 aromatic carbocycles. The number of carbonyl (C=O) groups excluding carboxylic acids is 1. The third-order valence-corrected chi connectivity index (χ3v) is 5.34. The molecule has 0 atom stereocenters. The van der Waals surface area contributed by atoms with Crippen LogP contribution in [0.2, 0.25) is 0 Å². The van der Waals surface area contributed by atoms with Gasteiger partial charge in [0, 0.05) is 17.2 Å². The number of hydrogen-bond acceptors (Lipinski definition) is 7. The van der Waals surface area contributed by atoms with Crippen molar-refractivity contribution in [3.05, 3.63) is 29.6 Å². The lowest BCUT2D eigenvalue weighted by Gasteiger charge is -2.32. The Labute approximate surface area is 177 Å². The number of carbonyl (C=O) groups is 1. The number of ether oxygens (including phenoxy) is 1. The third-order valence-electron chi connectivity index (χ3n) is 5.34. The standard InChI is InChI=1S/C21H30BN3O5/c1-13-15(12-24-18(26)27-19(2,3)4)17(28-25-13)16-10-9-14(11-23-16)22-29-20(5,6)21(7,8)30-22/h9-11H,12H2,1-8H3,(H,24,26). The molecule has 0 bridgehead atoms. The van der Waals surface area contributed by atoms with Crippen molar-refractivity contribution >= 4 is 18.7 Å². The third kappa shape index (κ3) is 4.68. The van der Waals surface area contributed by atoms with Gasteiger partial charge in [0.05, 0.1) is 23.4 Å². The molecule has 1 aliphatic rings. The van der Waals surface area contributed by atoms with Gasteiger partial charge < -0.3 is 23.9 Å². The van der Waals surface area contributed by atoms with Crippen molar-refractivity contribution in [3.63, 3.8) is 0 Å². The summed E-state index contributed by atoms with van der Waals surface area (Å²) >= 11 is 0. The molecular formula is C21H30BN3O5. The van der Waals surface area contributed by atoms with E-state index in [0.717, 1.165) is 11.0 Å². The number of pyridine rings is 1. The van der Waals surface area contributed by atoms with Gasteiger partial charge in [-0.1, -0.05) is 11.2 Å². The average molecular weight is 415 g/mol. The maximum absolute atomic E-state index is 12.0. The molecule has 0 aliphatic carbocycles. The van der Waals surface area contributed by atoms with Gasteiger partial charge in [-0.3, -0.25) is 4.98 Å². The summed E-state index contributed by atoms with van der Waals surface area (Å²) in [4.78, 5) is 16.5. The van der Waals surface area contributed by atoms with Crippen LogP contribution in [-0.2, 0) is 20.6 Å². The molecule has 30 heavy (non-hydrogen) atoms. The van der Waals surface area contributed by atoms with Crippen molar-refractivity contribution < 1.29 is 23.4 Å². The van der Waals surface area contributed by atoms with Crippen molar-refractivity contribution in [1.29, 1.82) is 0 Å². The number of rotatable bonds is 4. The zero-order chi connectivity index (χ0) is 22.3. The maximum Gasteiger partial charge on any atom is 0.496 e. The van der Waals surface area contributed by atoms with Crippen molar-refractivity contribution in [2.75, 3.05) is 0 Å². The molecule has 2 aromatic rings. The van der Waals surface area contributed by atoms with Crippen LogP contribution in [-0.4, -0.2) is 40.2 Å². The van der Waals surface area contributed by atoms with Crippen molar-refractivity contribution in [3.8, 4) is 11.5 Å². The molecule has 1 saturated heterocycles. The number of alkyl carbamates (subject to hydrolysis) is 1. The molecule has 162 valence electrons. The van der Waals surface area contributed by atoms with Crippen LogP contribution >= 0.6 is 0 Å². The van der Waals surface area contributed by atoms with Crippen LogP contribution < -0.4 is 10.8 Å². The van der Waals surface area contributed by atoms with Crippen LogP contribution in [0.25, 0.3) is 11.5 Å². The first-order chi connectivity index (χ1) is 13.8. The highest BCUT2D eigenvalue weighted by Crippen LogP contribution is 2.36. The van der Waals surface area contributed by atoms with E-state index >= 15 is 0 Å². The van der Waals surface area contributed by atoms with E-state index in [1.807, 2.05) is 67.5 Å². The van der Waals surface area contributed by atoms with E-state index in [2.05, 4.69) is 15.5 Å². The molecule has 0 spiro atoms. The minimum atomic E-state index is -0.568. The van der Waals surface area contributed by atoms with Crippen molar-refractivity contribution in [2.45, 2.75) is 78.7 Å². The number of amides is 1. The Kier molecular flexibility index (Phi) is 5.73. The predicted molar refractivity (Wildman–Crippen MR) is 113 cm³/mol. The van der Waals surface area contributed by atoms with Crippen LogP contribution in [0, 0.1) is 6.92 Å². The highest BCUT2D eigenvalue weighted by molar-refractivity contribution is 6.62. The van der Waals surface area contributed by atoms with E-state index in [1.54, 1.807) is 6.20 Å². The maximum atomic E-state index is 12.0. The molecule has 1 aliphatic heterocycles. The van der Waals surface area contributed by atoms with Gasteiger partial charge in [0.1, 0.15) is 11.3 Å². The van der Waals surface area contributed by atoms with Gasteiger partial charge in [-0.15, -0.1) is 0 Å². The summed E-state index contributed by atoms with van der Waals surface area (Å²) in [6.45, 7) is 15.5. The molecule has 1 amide bonds. The molecular weight excluding hydrogens is 385 g/mol. The Bertz CT molecular complexity index is 900. The summed E-state index contributed by atoms with van der Waals surface area (Å²) in [7, 11) is -0.485. The molecule has 8 nitrogen and oxygen atoms in total. The van der Waals surface area contributed by atoms with Gasteiger partial charge >= 0.3 is 13.2 Å². The summed E-state index contributed by atoms with van der Waals surface area (Å²) in [6, 6.07) is 3.73. The van der Waals surface area contributed by atoms with E-state index in [1.165, 1.54) is 0 Å². The first-order valence-corrected chi connectivity index (χ1v) is 10.0. The van der Waals surface area contributed by atoms with Gasteiger partial charge in [-0.05, 0) is 61.5 Å². The Morgan fingerprint density at radius 1 is 1.17 bits per heavy atom. The molecule has 0 radical (unpaired) electrons. The van der Waals surface area contributed by atoms with Crippen LogP contribution in [0.5, 0.6) is 0 Å². The van der Waals surface area contributed by atoms with E-state index < -0.39 is 30.0 Å².